The Labute approximate surface area is 156 Å². The first-order chi connectivity index (χ1) is 12.5. The van der Waals surface area contributed by atoms with Gasteiger partial charge in [0, 0.05) is 6.54 Å². The molecule has 2 heterocycles. The zero-order valence-electron chi connectivity index (χ0n) is 15.1. The van der Waals surface area contributed by atoms with E-state index in [2.05, 4.69) is 10.4 Å². The van der Waals surface area contributed by atoms with Gasteiger partial charge in [-0.2, -0.15) is 5.10 Å². The molecule has 1 aliphatic heterocycles. The summed E-state index contributed by atoms with van der Waals surface area (Å²) < 4.78 is 6.60. The number of ether oxygens (including phenoxy) is 1. The number of nitrogens with zero attached hydrogens (tertiary/aromatic N) is 3. The molecule has 0 unspecified atom stereocenters. The van der Waals surface area contributed by atoms with Gasteiger partial charge in [0.1, 0.15) is 5.54 Å². The lowest BCUT2D eigenvalue weighted by atomic mass is 9.99. The van der Waals surface area contributed by atoms with Crippen molar-refractivity contribution in [2.24, 2.45) is 0 Å². The molecule has 0 bridgehead atoms. The van der Waals surface area contributed by atoms with E-state index in [4.69, 9.17) is 4.74 Å². The van der Waals surface area contributed by atoms with Crippen molar-refractivity contribution < 1.29 is 14.3 Å². The number of amides is 2. The summed E-state index contributed by atoms with van der Waals surface area (Å²) in [6, 6.07) is 9.25. The zero-order chi connectivity index (χ0) is 18.7. The SMILES string of the molecule is COC(=O)[C@]1(C)CCCN1C(=O)Nc1c(SC)cnn1-c1ccccc1. The molecular formula is C18H22N4O3S. The summed E-state index contributed by atoms with van der Waals surface area (Å²) in [5.41, 5.74) is -0.101. The van der Waals surface area contributed by atoms with Gasteiger partial charge in [0.2, 0.25) is 0 Å². The summed E-state index contributed by atoms with van der Waals surface area (Å²) >= 11 is 1.50. The number of aromatic nitrogens is 2. The monoisotopic (exact) mass is 374 g/mol. The Morgan fingerprint density at radius 3 is 2.69 bits per heavy atom. The molecule has 1 N–H and O–H groups in total. The number of hydrogen-bond donors (Lipinski definition) is 1. The van der Waals surface area contributed by atoms with Crippen LogP contribution in [0.2, 0.25) is 0 Å². The number of hydrogen-bond acceptors (Lipinski definition) is 5. The second-order valence-corrected chi connectivity index (χ2v) is 7.11. The van der Waals surface area contributed by atoms with Gasteiger partial charge in [0.15, 0.2) is 5.82 Å². The molecule has 0 saturated carbocycles. The fraction of sp³-hybridized carbons (Fsp3) is 0.389. The van der Waals surface area contributed by atoms with Gasteiger partial charge < -0.3 is 9.64 Å². The first kappa shape index (κ1) is 18.3. The summed E-state index contributed by atoms with van der Waals surface area (Å²) in [6.07, 6.45) is 4.99. The summed E-state index contributed by atoms with van der Waals surface area (Å²) in [7, 11) is 1.35. The van der Waals surface area contributed by atoms with Crippen LogP contribution in [0.25, 0.3) is 5.69 Å². The molecule has 138 valence electrons. The Balaban J connectivity index is 1.90. The van der Waals surface area contributed by atoms with Crippen molar-refractivity contribution in [1.29, 1.82) is 0 Å². The lowest BCUT2D eigenvalue weighted by Gasteiger charge is -2.32. The first-order valence-corrected chi connectivity index (χ1v) is 9.58. The minimum Gasteiger partial charge on any atom is -0.467 e. The Bertz CT molecular complexity index is 808. The number of urea groups is 1. The Kier molecular flexibility index (Phi) is 5.22. The van der Waals surface area contributed by atoms with Crippen LogP contribution in [-0.2, 0) is 9.53 Å². The van der Waals surface area contributed by atoms with E-state index in [-0.39, 0.29) is 6.03 Å². The molecule has 1 aromatic heterocycles. The molecule has 3 rings (SSSR count). The number of carbonyl (C=O) groups excluding carboxylic acids is 2. The number of rotatable bonds is 4. The van der Waals surface area contributed by atoms with Crippen molar-refractivity contribution >= 4 is 29.6 Å². The largest absolute Gasteiger partial charge is 0.467 e. The molecule has 8 heteroatoms. The highest BCUT2D eigenvalue weighted by Gasteiger charge is 2.47. The van der Waals surface area contributed by atoms with Gasteiger partial charge >= 0.3 is 12.0 Å². The highest BCUT2D eigenvalue weighted by molar-refractivity contribution is 7.98. The number of para-hydroxylation sites is 1. The molecule has 7 nitrogen and oxygen atoms in total. The molecule has 0 aliphatic carbocycles. The maximum Gasteiger partial charge on any atom is 0.331 e. The highest BCUT2D eigenvalue weighted by Crippen LogP contribution is 2.33. The molecular weight excluding hydrogens is 352 g/mol. The average molecular weight is 374 g/mol. The molecule has 1 aromatic carbocycles. The van der Waals surface area contributed by atoms with Crippen LogP contribution in [0.1, 0.15) is 19.8 Å². The van der Waals surface area contributed by atoms with Crippen LogP contribution in [0.3, 0.4) is 0 Å². The normalized spacial score (nSPS) is 19.4. The zero-order valence-corrected chi connectivity index (χ0v) is 15.9. The third kappa shape index (κ3) is 3.16. The van der Waals surface area contributed by atoms with Crippen LogP contribution in [0.15, 0.2) is 41.4 Å². The van der Waals surface area contributed by atoms with E-state index in [9.17, 15) is 9.59 Å². The van der Waals surface area contributed by atoms with Crippen LogP contribution in [-0.4, -0.2) is 52.1 Å². The first-order valence-electron chi connectivity index (χ1n) is 8.35. The minimum atomic E-state index is -0.948. The Hall–Kier alpha value is -2.48. The van der Waals surface area contributed by atoms with Gasteiger partial charge in [0.05, 0.1) is 23.9 Å². The predicted molar refractivity (Wildman–Crippen MR) is 101 cm³/mol. The third-order valence-electron chi connectivity index (χ3n) is 4.69. The molecule has 2 amide bonds. The summed E-state index contributed by atoms with van der Waals surface area (Å²) in [5, 5.41) is 7.34. The summed E-state index contributed by atoms with van der Waals surface area (Å²) in [4.78, 5) is 27.6. The number of anilines is 1. The van der Waals surface area contributed by atoms with Crippen molar-refractivity contribution in [1.82, 2.24) is 14.7 Å². The van der Waals surface area contributed by atoms with Crippen LogP contribution >= 0.6 is 11.8 Å². The van der Waals surface area contributed by atoms with E-state index in [1.807, 2.05) is 36.6 Å². The minimum absolute atomic E-state index is 0.330. The standard InChI is InChI=1S/C18H22N4O3S/c1-18(16(23)25-2)10-7-11-21(18)17(24)20-15-14(26-3)12-19-22(15)13-8-5-4-6-9-13/h4-6,8-9,12H,7,10-11H2,1-3H3,(H,20,24)/t18-/m0/s1. The fourth-order valence-electron chi connectivity index (χ4n) is 3.25. The van der Waals surface area contributed by atoms with Gasteiger partial charge in [-0.3, -0.25) is 5.32 Å². The summed E-state index contributed by atoms with van der Waals surface area (Å²) in [6.45, 7) is 2.25. The third-order valence-corrected chi connectivity index (χ3v) is 5.43. The van der Waals surface area contributed by atoms with Crippen LogP contribution in [0, 0.1) is 0 Å². The predicted octanol–water partition coefficient (Wildman–Crippen LogP) is 3.15. The van der Waals surface area contributed by atoms with E-state index >= 15 is 0 Å². The number of esters is 1. The van der Waals surface area contributed by atoms with Gasteiger partial charge in [-0.25, -0.2) is 14.3 Å². The number of benzene rings is 1. The summed E-state index contributed by atoms with van der Waals surface area (Å²) in [5.74, 6) is 0.194. The number of thioether (sulfide) groups is 1. The lowest BCUT2D eigenvalue weighted by Crippen LogP contribution is -2.52. The van der Waals surface area contributed by atoms with Gasteiger partial charge in [-0.15, -0.1) is 11.8 Å². The molecule has 0 radical (unpaired) electrons. The number of likely N-dealkylation sites (tertiary alicyclic amines) is 1. The molecule has 2 aromatic rings. The quantitative estimate of drug-likeness (QED) is 0.657. The molecule has 26 heavy (non-hydrogen) atoms. The van der Waals surface area contributed by atoms with E-state index in [1.54, 1.807) is 22.7 Å². The maximum absolute atomic E-state index is 13.0. The molecule has 0 spiro atoms. The molecule has 1 aliphatic rings. The van der Waals surface area contributed by atoms with E-state index in [1.165, 1.54) is 18.9 Å². The molecule has 1 saturated heterocycles. The topological polar surface area (TPSA) is 76.5 Å². The van der Waals surface area contributed by atoms with Crippen molar-refractivity contribution in [3.05, 3.63) is 36.5 Å². The fourth-order valence-corrected chi connectivity index (χ4v) is 3.74. The van der Waals surface area contributed by atoms with Gasteiger partial charge in [0.25, 0.3) is 0 Å². The van der Waals surface area contributed by atoms with Crippen molar-refractivity contribution in [2.45, 2.75) is 30.2 Å². The van der Waals surface area contributed by atoms with Crippen LogP contribution in [0.5, 0.6) is 0 Å². The van der Waals surface area contributed by atoms with E-state index in [0.717, 1.165) is 17.0 Å². The van der Waals surface area contributed by atoms with Gasteiger partial charge in [-0.1, -0.05) is 18.2 Å². The lowest BCUT2D eigenvalue weighted by molar-refractivity contribution is -0.150. The highest BCUT2D eigenvalue weighted by atomic mass is 32.2. The Morgan fingerprint density at radius 1 is 1.31 bits per heavy atom. The maximum atomic E-state index is 13.0. The number of nitrogens with one attached hydrogen (secondary N) is 1. The average Bonchev–Trinajstić information content (AvgIpc) is 3.25. The van der Waals surface area contributed by atoms with Gasteiger partial charge in [-0.05, 0) is 38.2 Å². The van der Waals surface area contributed by atoms with E-state index in [0.29, 0.717) is 18.8 Å². The van der Waals surface area contributed by atoms with Crippen molar-refractivity contribution in [3.8, 4) is 5.69 Å². The van der Waals surface area contributed by atoms with E-state index < -0.39 is 11.5 Å². The smallest absolute Gasteiger partial charge is 0.331 e. The van der Waals surface area contributed by atoms with Crippen LogP contribution in [0.4, 0.5) is 10.6 Å². The second kappa shape index (κ2) is 7.41. The molecule has 1 atom stereocenters. The van der Waals surface area contributed by atoms with Crippen molar-refractivity contribution in [2.75, 3.05) is 25.2 Å². The van der Waals surface area contributed by atoms with Crippen molar-refractivity contribution in [3.63, 3.8) is 0 Å². The number of methoxy groups -OCH3 is 1. The number of carbonyl (C=O) groups is 2. The van der Waals surface area contributed by atoms with Crippen LogP contribution < -0.4 is 5.32 Å². The Morgan fingerprint density at radius 2 is 2.04 bits per heavy atom. The second-order valence-electron chi connectivity index (χ2n) is 6.26. The molecule has 1 fully saturated rings.